The van der Waals surface area contributed by atoms with Gasteiger partial charge in [0, 0.05) is 19.3 Å². The molecule has 0 rings (SSSR count). The van der Waals surface area contributed by atoms with Crippen LogP contribution in [0.4, 0.5) is 0 Å². The summed E-state index contributed by atoms with van der Waals surface area (Å²) in [7, 11) is 0. The van der Waals surface area contributed by atoms with Crippen molar-refractivity contribution in [3.63, 3.8) is 0 Å². The van der Waals surface area contributed by atoms with Crippen LogP contribution in [0.1, 0.15) is 253 Å². The van der Waals surface area contributed by atoms with Gasteiger partial charge in [0.15, 0.2) is 6.10 Å². The zero-order valence-electron chi connectivity index (χ0n) is 36.1. The van der Waals surface area contributed by atoms with E-state index in [0.717, 1.165) is 69.6 Å². The zero-order chi connectivity index (χ0) is 39.0. The first-order valence-corrected chi connectivity index (χ1v) is 23.3. The van der Waals surface area contributed by atoms with Crippen LogP contribution in [0, 0.1) is 11.8 Å². The first-order valence-electron chi connectivity index (χ1n) is 23.3. The zero-order valence-corrected chi connectivity index (χ0v) is 36.1. The summed E-state index contributed by atoms with van der Waals surface area (Å²) >= 11 is 0. The van der Waals surface area contributed by atoms with Gasteiger partial charge in [0.25, 0.3) is 0 Å². The molecule has 0 aromatic carbocycles. The number of esters is 3. The summed E-state index contributed by atoms with van der Waals surface area (Å²) in [5, 5.41) is 0. The van der Waals surface area contributed by atoms with Crippen molar-refractivity contribution >= 4 is 17.9 Å². The van der Waals surface area contributed by atoms with Gasteiger partial charge in [-0.1, -0.05) is 214 Å². The van der Waals surface area contributed by atoms with Crippen molar-refractivity contribution in [2.24, 2.45) is 11.8 Å². The first kappa shape index (κ1) is 51.4. The number of ether oxygens (including phenoxy) is 3. The Labute approximate surface area is 329 Å². The summed E-state index contributed by atoms with van der Waals surface area (Å²) in [5.74, 6) is 0.815. The van der Waals surface area contributed by atoms with Crippen molar-refractivity contribution in [3.8, 4) is 0 Å². The van der Waals surface area contributed by atoms with Gasteiger partial charge in [-0.2, -0.15) is 0 Å². The van der Waals surface area contributed by atoms with Crippen LogP contribution in [0.25, 0.3) is 0 Å². The fourth-order valence-corrected chi connectivity index (χ4v) is 6.90. The van der Waals surface area contributed by atoms with Crippen LogP contribution in [0.3, 0.4) is 0 Å². The quantitative estimate of drug-likeness (QED) is 0.0352. The van der Waals surface area contributed by atoms with Crippen molar-refractivity contribution in [2.75, 3.05) is 13.2 Å². The molecule has 0 heterocycles. The molecule has 0 bridgehead atoms. The van der Waals surface area contributed by atoms with Crippen molar-refractivity contribution < 1.29 is 28.6 Å². The molecule has 6 heteroatoms. The second-order valence-corrected chi connectivity index (χ2v) is 16.8. The van der Waals surface area contributed by atoms with E-state index in [-0.39, 0.29) is 31.1 Å². The molecule has 1 unspecified atom stereocenters. The van der Waals surface area contributed by atoms with Crippen LogP contribution in [0.5, 0.6) is 0 Å². The van der Waals surface area contributed by atoms with Gasteiger partial charge in [-0.15, -0.1) is 0 Å². The minimum absolute atomic E-state index is 0.0650. The molecule has 2 atom stereocenters. The smallest absolute Gasteiger partial charge is 0.306 e. The lowest BCUT2D eigenvalue weighted by atomic mass is 9.99. The Kier molecular flexibility index (Phi) is 38.9. The van der Waals surface area contributed by atoms with Crippen molar-refractivity contribution in [2.45, 2.75) is 259 Å². The second-order valence-electron chi connectivity index (χ2n) is 16.8. The third-order valence-corrected chi connectivity index (χ3v) is 10.8. The number of rotatable bonds is 41. The molecule has 0 saturated heterocycles. The van der Waals surface area contributed by atoms with Gasteiger partial charge in [0.1, 0.15) is 13.2 Å². The topological polar surface area (TPSA) is 78.9 Å². The molecule has 314 valence electrons. The van der Waals surface area contributed by atoms with E-state index in [1.54, 1.807) is 0 Å². The Hall–Kier alpha value is -1.59. The number of unbranched alkanes of at least 4 members (excludes halogenated alkanes) is 25. The van der Waals surface area contributed by atoms with Crippen LogP contribution < -0.4 is 0 Å². The molecular formula is C47H90O6. The number of carbonyl (C=O) groups is 3. The minimum atomic E-state index is -0.760. The van der Waals surface area contributed by atoms with E-state index < -0.39 is 6.10 Å². The molecule has 53 heavy (non-hydrogen) atoms. The molecule has 0 aromatic heterocycles. The molecule has 0 radical (unpaired) electrons. The highest BCUT2D eigenvalue weighted by molar-refractivity contribution is 5.71. The number of hydrogen-bond donors (Lipinski definition) is 0. The number of carbonyl (C=O) groups excluding carboxylic acids is 3. The monoisotopic (exact) mass is 751 g/mol. The first-order chi connectivity index (χ1) is 25.8. The highest BCUT2D eigenvalue weighted by Crippen LogP contribution is 2.17. The summed E-state index contributed by atoms with van der Waals surface area (Å²) in [6.07, 6.45) is 38.0. The normalized spacial score (nSPS) is 12.6. The molecule has 0 spiro atoms. The molecule has 0 fully saturated rings. The molecule has 0 aromatic rings. The van der Waals surface area contributed by atoms with Gasteiger partial charge in [-0.25, -0.2) is 0 Å². The molecule has 0 saturated carbocycles. The van der Waals surface area contributed by atoms with Gasteiger partial charge in [0.05, 0.1) is 0 Å². The van der Waals surface area contributed by atoms with E-state index in [1.165, 1.54) is 141 Å². The van der Waals surface area contributed by atoms with Crippen LogP contribution in [-0.4, -0.2) is 37.2 Å². The molecule has 0 amide bonds. The Morgan fingerprint density at radius 2 is 0.717 bits per heavy atom. The van der Waals surface area contributed by atoms with Gasteiger partial charge in [-0.05, 0) is 31.1 Å². The van der Waals surface area contributed by atoms with Crippen molar-refractivity contribution in [3.05, 3.63) is 0 Å². The fraction of sp³-hybridized carbons (Fsp3) is 0.936. The van der Waals surface area contributed by atoms with E-state index in [0.29, 0.717) is 19.3 Å². The molecule has 6 nitrogen and oxygen atoms in total. The number of hydrogen-bond acceptors (Lipinski definition) is 6. The third kappa shape index (κ3) is 39.9. The molecule has 0 aliphatic heterocycles. The highest BCUT2D eigenvalue weighted by atomic mass is 16.6. The van der Waals surface area contributed by atoms with Gasteiger partial charge >= 0.3 is 17.9 Å². The van der Waals surface area contributed by atoms with Crippen LogP contribution in [0.15, 0.2) is 0 Å². The Morgan fingerprint density at radius 3 is 1.08 bits per heavy atom. The maximum absolute atomic E-state index is 12.7. The van der Waals surface area contributed by atoms with E-state index in [4.69, 9.17) is 14.2 Å². The maximum atomic E-state index is 12.7. The lowest BCUT2D eigenvalue weighted by molar-refractivity contribution is -0.167. The summed E-state index contributed by atoms with van der Waals surface area (Å²) < 4.78 is 16.7. The van der Waals surface area contributed by atoms with Crippen LogP contribution >= 0.6 is 0 Å². The Morgan fingerprint density at radius 1 is 0.396 bits per heavy atom. The minimum Gasteiger partial charge on any atom is -0.462 e. The van der Waals surface area contributed by atoms with Crippen molar-refractivity contribution in [1.82, 2.24) is 0 Å². The SMILES string of the molecule is CCCCCCCCCCCC(=O)O[C@@H](COC(=O)CCCCCCCCCCCCCC(C)C)COC(=O)CCCCCCCCCCC(C)CC. The third-order valence-electron chi connectivity index (χ3n) is 10.8. The summed E-state index contributed by atoms with van der Waals surface area (Å²) in [4.78, 5) is 37.7. The van der Waals surface area contributed by atoms with Crippen molar-refractivity contribution in [1.29, 1.82) is 0 Å². The fourth-order valence-electron chi connectivity index (χ4n) is 6.90. The Balaban J connectivity index is 4.30. The van der Waals surface area contributed by atoms with Gasteiger partial charge in [-0.3, -0.25) is 14.4 Å². The van der Waals surface area contributed by atoms with E-state index in [1.807, 2.05) is 0 Å². The van der Waals surface area contributed by atoms with E-state index in [9.17, 15) is 14.4 Å². The average molecular weight is 751 g/mol. The molecule has 0 N–H and O–H groups in total. The largest absolute Gasteiger partial charge is 0.462 e. The predicted octanol–water partition coefficient (Wildman–Crippen LogP) is 14.6. The van der Waals surface area contributed by atoms with Gasteiger partial charge in [0.2, 0.25) is 0 Å². The van der Waals surface area contributed by atoms with E-state index in [2.05, 4.69) is 34.6 Å². The maximum Gasteiger partial charge on any atom is 0.306 e. The molecular weight excluding hydrogens is 661 g/mol. The summed E-state index contributed by atoms with van der Waals surface area (Å²) in [6.45, 7) is 11.3. The van der Waals surface area contributed by atoms with Crippen LogP contribution in [0.2, 0.25) is 0 Å². The van der Waals surface area contributed by atoms with E-state index >= 15 is 0 Å². The summed E-state index contributed by atoms with van der Waals surface area (Å²) in [6, 6.07) is 0. The highest BCUT2D eigenvalue weighted by Gasteiger charge is 2.19. The second kappa shape index (κ2) is 40.1. The van der Waals surface area contributed by atoms with Gasteiger partial charge < -0.3 is 14.2 Å². The standard InChI is InChI=1S/C47H90O6/c1-6-8-9-10-11-15-24-29-34-39-47(50)53-44(41-52-46(49)38-33-28-23-19-18-21-26-31-36-43(5)7-2)40-51-45(48)37-32-27-22-17-14-12-13-16-20-25-30-35-42(3)4/h42-44H,6-41H2,1-5H3/t43?,44-/m0/s1. The average Bonchev–Trinajstić information content (AvgIpc) is 3.14. The lowest BCUT2D eigenvalue weighted by Gasteiger charge is -2.18. The van der Waals surface area contributed by atoms with Crippen LogP contribution in [-0.2, 0) is 28.6 Å². The predicted molar refractivity (Wildman–Crippen MR) is 224 cm³/mol. The Bertz CT molecular complexity index is 811. The lowest BCUT2D eigenvalue weighted by Crippen LogP contribution is -2.30. The molecule has 0 aliphatic rings. The summed E-state index contributed by atoms with van der Waals surface area (Å²) in [5.41, 5.74) is 0. The molecule has 0 aliphatic carbocycles.